The SMILES string of the molecule is C=CC1CN2CCC1CC2[C@H](OC(C)=O)/C(=C/C)c1cc(OC)ccc1N=C. The number of hydrogen-bond acceptors (Lipinski definition) is 5. The lowest BCUT2D eigenvalue weighted by Crippen LogP contribution is -2.57. The van der Waals surface area contributed by atoms with Gasteiger partial charge in [-0.3, -0.25) is 14.7 Å². The van der Waals surface area contributed by atoms with Gasteiger partial charge in [0.1, 0.15) is 11.9 Å². The number of carbonyl (C=O) groups excluding carboxylic acids is 1. The van der Waals surface area contributed by atoms with Crippen molar-refractivity contribution in [2.24, 2.45) is 16.8 Å². The first kappa shape index (κ1) is 20.3. The van der Waals surface area contributed by atoms with Gasteiger partial charge in [-0.2, -0.15) is 0 Å². The van der Waals surface area contributed by atoms with E-state index in [4.69, 9.17) is 9.47 Å². The fourth-order valence-electron chi connectivity index (χ4n) is 4.70. The van der Waals surface area contributed by atoms with Crippen LogP contribution in [0, 0.1) is 11.8 Å². The lowest BCUT2D eigenvalue weighted by molar-refractivity contribution is -0.149. The molecule has 2 bridgehead atoms. The minimum absolute atomic E-state index is 0.147. The van der Waals surface area contributed by atoms with Crippen LogP contribution in [-0.4, -0.2) is 49.9 Å². The molecule has 150 valence electrons. The average Bonchev–Trinajstić information content (AvgIpc) is 2.73. The third-order valence-corrected chi connectivity index (χ3v) is 6.10. The van der Waals surface area contributed by atoms with Crippen LogP contribution in [0.1, 0.15) is 32.3 Å². The Kier molecular flexibility index (Phi) is 6.35. The highest BCUT2D eigenvalue weighted by molar-refractivity contribution is 5.81. The van der Waals surface area contributed by atoms with E-state index in [-0.39, 0.29) is 18.1 Å². The van der Waals surface area contributed by atoms with Crippen LogP contribution in [0.25, 0.3) is 5.57 Å². The summed E-state index contributed by atoms with van der Waals surface area (Å²) in [5.74, 6) is 1.56. The van der Waals surface area contributed by atoms with Crippen molar-refractivity contribution < 1.29 is 14.3 Å². The predicted molar refractivity (Wildman–Crippen MR) is 113 cm³/mol. The molecule has 3 aliphatic rings. The number of piperidine rings is 3. The predicted octanol–water partition coefficient (Wildman–Crippen LogP) is 4.26. The third kappa shape index (κ3) is 3.90. The van der Waals surface area contributed by atoms with Crippen LogP contribution in [0.4, 0.5) is 5.69 Å². The van der Waals surface area contributed by atoms with Crippen LogP contribution in [0.3, 0.4) is 0 Å². The van der Waals surface area contributed by atoms with Crippen LogP contribution in [0.15, 0.2) is 41.9 Å². The van der Waals surface area contributed by atoms with Gasteiger partial charge >= 0.3 is 5.97 Å². The normalized spacial score (nSPS) is 27.8. The van der Waals surface area contributed by atoms with Gasteiger partial charge in [0.2, 0.25) is 0 Å². The Labute approximate surface area is 167 Å². The first-order valence-electron chi connectivity index (χ1n) is 9.87. The lowest BCUT2D eigenvalue weighted by atomic mass is 9.73. The van der Waals surface area contributed by atoms with Crippen molar-refractivity contribution in [3.8, 4) is 5.75 Å². The van der Waals surface area contributed by atoms with Gasteiger partial charge in [-0.15, -0.1) is 6.58 Å². The van der Waals surface area contributed by atoms with Gasteiger partial charge in [-0.25, -0.2) is 0 Å². The summed E-state index contributed by atoms with van der Waals surface area (Å²) in [6, 6.07) is 5.84. The number of nitrogens with zero attached hydrogens (tertiary/aromatic N) is 2. The summed E-state index contributed by atoms with van der Waals surface area (Å²) in [6.07, 6.45) is 5.90. The van der Waals surface area contributed by atoms with Crippen molar-refractivity contribution in [1.29, 1.82) is 0 Å². The summed E-state index contributed by atoms with van der Waals surface area (Å²) in [7, 11) is 1.64. The molecule has 0 saturated carbocycles. The first-order valence-corrected chi connectivity index (χ1v) is 9.87. The molecule has 3 aliphatic heterocycles. The van der Waals surface area contributed by atoms with E-state index >= 15 is 0 Å². The summed E-state index contributed by atoms with van der Waals surface area (Å²) in [4.78, 5) is 18.6. The van der Waals surface area contributed by atoms with E-state index in [1.54, 1.807) is 7.11 Å². The van der Waals surface area contributed by atoms with Gasteiger partial charge in [0, 0.05) is 19.0 Å². The lowest BCUT2D eigenvalue weighted by Gasteiger charge is -2.51. The molecule has 3 saturated heterocycles. The van der Waals surface area contributed by atoms with Gasteiger partial charge in [-0.05, 0) is 68.6 Å². The molecule has 3 heterocycles. The Bertz CT molecular complexity index is 786. The van der Waals surface area contributed by atoms with E-state index in [0.717, 1.165) is 42.1 Å². The van der Waals surface area contributed by atoms with Gasteiger partial charge in [0.15, 0.2) is 0 Å². The number of aliphatic imine (C=N–C) groups is 1. The maximum absolute atomic E-state index is 12.0. The highest BCUT2D eigenvalue weighted by Crippen LogP contribution is 2.42. The highest BCUT2D eigenvalue weighted by Gasteiger charge is 2.44. The Morgan fingerprint density at radius 2 is 2.21 bits per heavy atom. The number of methoxy groups -OCH3 is 1. The fourth-order valence-corrected chi connectivity index (χ4v) is 4.70. The third-order valence-electron chi connectivity index (χ3n) is 6.10. The van der Waals surface area contributed by atoms with E-state index in [1.807, 2.05) is 31.2 Å². The number of benzene rings is 1. The molecule has 0 N–H and O–H groups in total. The smallest absolute Gasteiger partial charge is 0.303 e. The number of allylic oxidation sites excluding steroid dienone is 1. The molecule has 28 heavy (non-hydrogen) atoms. The summed E-state index contributed by atoms with van der Waals surface area (Å²) in [5, 5.41) is 0. The zero-order chi connectivity index (χ0) is 20.3. The second kappa shape index (κ2) is 8.74. The number of fused-ring (bicyclic) bond motifs is 3. The zero-order valence-electron chi connectivity index (χ0n) is 17.1. The average molecular weight is 383 g/mol. The van der Waals surface area contributed by atoms with Crippen LogP contribution >= 0.6 is 0 Å². The minimum atomic E-state index is -0.358. The van der Waals surface area contributed by atoms with Crippen molar-refractivity contribution in [2.45, 2.75) is 38.8 Å². The monoisotopic (exact) mass is 382 g/mol. The van der Waals surface area contributed by atoms with Crippen molar-refractivity contribution in [2.75, 3.05) is 20.2 Å². The fraction of sp³-hybridized carbons (Fsp3) is 0.478. The number of hydrogen-bond donors (Lipinski definition) is 0. The van der Waals surface area contributed by atoms with Gasteiger partial charge in [0.05, 0.1) is 18.8 Å². The Hall–Kier alpha value is -2.40. The summed E-state index contributed by atoms with van der Waals surface area (Å²) >= 11 is 0. The van der Waals surface area contributed by atoms with Gasteiger partial charge in [-0.1, -0.05) is 12.2 Å². The first-order chi connectivity index (χ1) is 13.5. The molecule has 0 aromatic heterocycles. The van der Waals surface area contributed by atoms with Crippen molar-refractivity contribution in [1.82, 2.24) is 4.90 Å². The number of ether oxygens (including phenoxy) is 2. The standard InChI is InChI=1S/C23H30N2O3/c1-6-16-14-25-11-10-17(16)12-22(25)23(28-15(3)26)19(7-2)20-13-18(27-5)8-9-21(20)24-4/h6-9,13,16-17,22-23H,1,4,10-12,14H2,2-3,5H3/b19-7+/t16?,17?,22?,23-/m1/s1. The number of esters is 1. The second-order valence-corrected chi connectivity index (χ2v) is 7.56. The van der Waals surface area contributed by atoms with Crippen LogP contribution in [0.2, 0.25) is 0 Å². The molecule has 4 rings (SSSR count). The Morgan fingerprint density at radius 1 is 1.43 bits per heavy atom. The highest BCUT2D eigenvalue weighted by atomic mass is 16.5. The molecule has 5 atom stereocenters. The van der Waals surface area contributed by atoms with Crippen molar-refractivity contribution >= 4 is 23.9 Å². The van der Waals surface area contributed by atoms with E-state index in [1.165, 1.54) is 13.3 Å². The van der Waals surface area contributed by atoms with E-state index < -0.39 is 0 Å². The molecule has 1 aromatic carbocycles. The molecule has 5 nitrogen and oxygen atoms in total. The Balaban J connectivity index is 2.01. The molecular weight excluding hydrogens is 352 g/mol. The van der Waals surface area contributed by atoms with E-state index in [0.29, 0.717) is 11.8 Å². The summed E-state index contributed by atoms with van der Waals surface area (Å²) in [5.41, 5.74) is 2.60. The van der Waals surface area contributed by atoms with Crippen molar-refractivity contribution in [3.63, 3.8) is 0 Å². The summed E-state index contributed by atoms with van der Waals surface area (Å²) < 4.78 is 11.3. The summed E-state index contributed by atoms with van der Waals surface area (Å²) in [6.45, 7) is 13.2. The maximum Gasteiger partial charge on any atom is 0.303 e. The van der Waals surface area contributed by atoms with Gasteiger partial charge in [0.25, 0.3) is 0 Å². The molecule has 0 spiro atoms. The maximum atomic E-state index is 12.0. The molecule has 4 unspecified atom stereocenters. The quantitative estimate of drug-likeness (QED) is 0.402. The second-order valence-electron chi connectivity index (χ2n) is 7.56. The van der Waals surface area contributed by atoms with Crippen LogP contribution in [0.5, 0.6) is 5.75 Å². The largest absolute Gasteiger partial charge is 0.497 e. The molecule has 0 amide bonds. The van der Waals surface area contributed by atoms with Crippen molar-refractivity contribution in [3.05, 3.63) is 42.5 Å². The molecule has 0 radical (unpaired) electrons. The molecule has 0 aliphatic carbocycles. The minimum Gasteiger partial charge on any atom is -0.497 e. The van der Waals surface area contributed by atoms with Gasteiger partial charge < -0.3 is 9.47 Å². The molecule has 5 heteroatoms. The molecular formula is C23H30N2O3. The number of rotatable bonds is 7. The molecule has 3 fully saturated rings. The molecule has 1 aromatic rings. The van der Waals surface area contributed by atoms with E-state index in [2.05, 4.69) is 29.3 Å². The zero-order valence-corrected chi connectivity index (χ0v) is 17.1. The van der Waals surface area contributed by atoms with Crippen LogP contribution in [-0.2, 0) is 9.53 Å². The topological polar surface area (TPSA) is 51.1 Å². The van der Waals surface area contributed by atoms with E-state index in [9.17, 15) is 4.79 Å². The number of carbonyl (C=O) groups is 1. The Morgan fingerprint density at radius 3 is 2.75 bits per heavy atom. The van der Waals surface area contributed by atoms with Crippen LogP contribution < -0.4 is 4.74 Å².